The van der Waals surface area contributed by atoms with E-state index in [1.54, 1.807) is 25.7 Å². The van der Waals surface area contributed by atoms with Gasteiger partial charge in [-0.2, -0.15) is 0 Å². The van der Waals surface area contributed by atoms with Gasteiger partial charge in [0.2, 0.25) is 0 Å². The highest BCUT2D eigenvalue weighted by Gasteiger charge is 2.07. The quantitative estimate of drug-likeness (QED) is 0.549. The molecule has 1 aromatic rings. The van der Waals surface area contributed by atoms with Gasteiger partial charge in [0.15, 0.2) is 0 Å². The normalized spacial score (nSPS) is 10.4. The SMILES string of the molecule is Cc1c(Cl)n(C)n(C)c1=O. The molecule has 0 saturated carbocycles. The molecule has 0 bridgehead atoms. The molecule has 3 nitrogen and oxygen atoms in total. The first kappa shape index (κ1) is 7.41. The predicted molar refractivity (Wildman–Crippen MR) is 40.4 cm³/mol. The van der Waals surface area contributed by atoms with Gasteiger partial charge in [-0.25, -0.2) is 0 Å². The molecular weight excluding hydrogens is 152 g/mol. The van der Waals surface area contributed by atoms with Crippen molar-refractivity contribution in [2.75, 3.05) is 0 Å². The van der Waals surface area contributed by atoms with Crippen LogP contribution in [0.1, 0.15) is 5.56 Å². The van der Waals surface area contributed by atoms with Crippen LogP contribution in [0.2, 0.25) is 5.15 Å². The highest BCUT2D eigenvalue weighted by Crippen LogP contribution is 2.08. The molecule has 0 aromatic carbocycles. The highest BCUT2D eigenvalue weighted by molar-refractivity contribution is 6.30. The van der Waals surface area contributed by atoms with Crippen molar-refractivity contribution in [3.63, 3.8) is 0 Å². The van der Waals surface area contributed by atoms with Gasteiger partial charge in [0, 0.05) is 14.1 Å². The lowest BCUT2D eigenvalue weighted by atomic mass is 10.4. The van der Waals surface area contributed by atoms with E-state index < -0.39 is 0 Å². The molecule has 0 N–H and O–H groups in total. The van der Waals surface area contributed by atoms with Gasteiger partial charge < -0.3 is 0 Å². The number of nitrogens with zero attached hydrogens (tertiary/aromatic N) is 2. The molecular formula is C6H9ClN2O. The summed E-state index contributed by atoms with van der Waals surface area (Å²) >= 11 is 5.75. The molecule has 0 spiro atoms. The van der Waals surface area contributed by atoms with Crippen LogP contribution in [0.5, 0.6) is 0 Å². The van der Waals surface area contributed by atoms with Crippen molar-refractivity contribution >= 4 is 11.6 Å². The summed E-state index contributed by atoms with van der Waals surface area (Å²) in [5.41, 5.74) is 0.569. The van der Waals surface area contributed by atoms with Crippen LogP contribution in [0.3, 0.4) is 0 Å². The van der Waals surface area contributed by atoms with Crippen LogP contribution in [0, 0.1) is 6.92 Å². The maximum absolute atomic E-state index is 11.1. The Morgan fingerprint density at radius 1 is 1.30 bits per heavy atom. The summed E-state index contributed by atoms with van der Waals surface area (Å²) in [6.07, 6.45) is 0. The smallest absolute Gasteiger partial charge is 0.270 e. The number of rotatable bonds is 0. The van der Waals surface area contributed by atoms with Crippen molar-refractivity contribution in [1.82, 2.24) is 9.36 Å². The summed E-state index contributed by atoms with van der Waals surface area (Å²) < 4.78 is 3.08. The van der Waals surface area contributed by atoms with E-state index in [0.717, 1.165) is 0 Å². The fraction of sp³-hybridized carbons (Fsp3) is 0.500. The first-order valence-corrected chi connectivity index (χ1v) is 3.31. The Balaban J connectivity index is 3.60. The summed E-state index contributed by atoms with van der Waals surface area (Å²) in [5.74, 6) is 0. The molecule has 0 aliphatic rings. The minimum Gasteiger partial charge on any atom is -0.274 e. The second-order valence-corrected chi connectivity index (χ2v) is 2.63. The Labute approximate surface area is 63.8 Å². The average molecular weight is 161 g/mol. The second kappa shape index (κ2) is 2.16. The standard InChI is InChI=1S/C6H9ClN2O/c1-4-5(7)8(2)9(3)6(4)10/h1-3H3. The van der Waals surface area contributed by atoms with E-state index in [0.29, 0.717) is 10.7 Å². The molecule has 0 fully saturated rings. The molecule has 0 unspecified atom stereocenters. The van der Waals surface area contributed by atoms with E-state index in [1.807, 2.05) is 0 Å². The van der Waals surface area contributed by atoms with Crippen LogP contribution in [0.15, 0.2) is 4.79 Å². The van der Waals surface area contributed by atoms with Crippen LogP contribution >= 0.6 is 11.6 Å². The summed E-state index contributed by atoms with van der Waals surface area (Å²) in [4.78, 5) is 11.1. The molecule has 10 heavy (non-hydrogen) atoms. The Kier molecular flexibility index (Phi) is 1.60. The lowest BCUT2D eigenvalue weighted by Crippen LogP contribution is -2.17. The third-order valence-corrected chi connectivity index (χ3v) is 2.19. The fourth-order valence-corrected chi connectivity index (χ4v) is 1.04. The molecule has 0 amide bonds. The van der Waals surface area contributed by atoms with E-state index in [9.17, 15) is 4.79 Å². The molecule has 0 saturated heterocycles. The molecule has 1 aromatic heterocycles. The Hall–Kier alpha value is -0.700. The lowest BCUT2D eigenvalue weighted by Gasteiger charge is -1.97. The third-order valence-electron chi connectivity index (χ3n) is 1.66. The minimum absolute atomic E-state index is 0.0347. The average Bonchev–Trinajstić information content (AvgIpc) is 2.07. The van der Waals surface area contributed by atoms with Crippen molar-refractivity contribution in [2.45, 2.75) is 6.92 Å². The van der Waals surface area contributed by atoms with Crippen LogP contribution in [0.4, 0.5) is 0 Å². The van der Waals surface area contributed by atoms with E-state index >= 15 is 0 Å². The van der Waals surface area contributed by atoms with Crippen molar-refractivity contribution in [2.24, 2.45) is 14.1 Å². The molecule has 0 aliphatic heterocycles. The number of aromatic nitrogens is 2. The summed E-state index contributed by atoms with van der Waals surface area (Å²) in [7, 11) is 3.43. The summed E-state index contributed by atoms with van der Waals surface area (Å²) in [5, 5.41) is 0.507. The zero-order valence-electron chi connectivity index (χ0n) is 6.18. The van der Waals surface area contributed by atoms with Gasteiger partial charge in [-0.3, -0.25) is 14.2 Å². The lowest BCUT2D eigenvalue weighted by molar-refractivity contribution is 0.580. The van der Waals surface area contributed by atoms with Gasteiger partial charge in [-0.05, 0) is 6.92 Å². The van der Waals surface area contributed by atoms with Crippen LogP contribution < -0.4 is 5.56 Å². The Morgan fingerprint density at radius 2 is 1.80 bits per heavy atom. The van der Waals surface area contributed by atoms with Crippen LogP contribution in [-0.2, 0) is 14.1 Å². The Bertz CT molecular complexity index is 282. The number of halogens is 1. The highest BCUT2D eigenvalue weighted by atomic mass is 35.5. The van der Waals surface area contributed by atoms with E-state index in [4.69, 9.17) is 11.6 Å². The third kappa shape index (κ3) is 0.778. The topological polar surface area (TPSA) is 26.9 Å². The minimum atomic E-state index is -0.0347. The molecule has 56 valence electrons. The molecule has 1 rings (SSSR count). The van der Waals surface area contributed by atoms with Gasteiger partial charge in [0.25, 0.3) is 5.56 Å². The van der Waals surface area contributed by atoms with Crippen molar-refractivity contribution in [3.05, 3.63) is 21.1 Å². The van der Waals surface area contributed by atoms with Crippen LogP contribution in [-0.4, -0.2) is 9.36 Å². The van der Waals surface area contributed by atoms with Crippen molar-refractivity contribution < 1.29 is 0 Å². The zero-order chi connectivity index (χ0) is 7.89. The second-order valence-electron chi connectivity index (χ2n) is 2.27. The maximum atomic E-state index is 11.1. The van der Waals surface area contributed by atoms with E-state index in [1.165, 1.54) is 4.68 Å². The maximum Gasteiger partial charge on any atom is 0.270 e. The first-order chi connectivity index (χ1) is 4.55. The van der Waals surface area contributed by atoms with Gasteiger partial charge in [0.1, 0.15) is 5.15 Å². The first-order valence-electron chi connectivity index (χ1n) is 2.93. The summed E-state index contributed by atoms with van der Waals surface area (Å²) in [6, 6.07) is 0. The van der Waals surface area contributed by atoms with Gasteiger partial charge in [0.05, 0.1) is 5.56 Å². The van der Waals surface area contributed by atoms with Crippen LogP contribution in [0.25, 0.3) is 0 Å². The molecule has 0 atom stereocenters. The fourth-order valence-electron chi connectivity index (χ4n) is 0.842. The number of hydrogen-bond donors (Lipinski definition) is 0. The van der Waals surface area contributed by atoms with Gasteiger partial charge in [-0.1, -0.05) is 11.6 Å². The van der Waals surface area contributed by atoms with Crippen molar-refractivity contribution in [3.8, 4) is 0 Å². The monoisotopic (exact) mass is 160 g/mol. The van der Waals surface area contributed by atoms with Crippen molar-refractivity contribution in [1.29, 1.82) is 0 Å². The van der Waals surface area contributed by atoms with E-state index in [2.05, 4.69) is 0 Å². The predicted octanol–water partition coefficient (Wildman–Crippen LogP) is 0.686. The van der Waals surface area contributed by atoms with Gasteiger partial charge >= 0.3 is 0 Å². The molecule has 0 aliphatic carbocycles. The zero-order valence-corrected chi connectivity index (χ0v) is 6.94. The molecule has 1 heterocycles. The largest absolute Gasteiger partial charge is 0.274 e. The Morgan fingerprint density at radius 3 is 1.90 bits per heavy atom. The van der Waals surface area contributed by atoms with E-state index in [-0.39, 0.29) is 5.56 Å². The van der Waals surface area contributed by atoms with Gasteiger partial charge in [-0.15, -0.1) is 0 Å². The molecule has 4 heteroatoms. The number of hydrogen-bond acceptors (Lipinski definition) is 1. The molecule has 0 radical (unpaired) electrons. The summed E-state index contributed by atoms with van der Waals surface area (Å²) in [6.45, 7) is 1.71.